The van der Waals surface area contributed by atoms with Gasteiger partial charge < -0.3 is 16.2 Å². The number of rotatable bonds is 5. The number of pyridine rings is 1. The molecule has 2 aromatic rings. The quantitative estimate of drug-likeness (QED) is 0.788. The molecule has 4 N–H and O–H groups in total. The molecule has 0 unspecified atom stereocenters. The van der Waals surface area contributed by atoms with Crippen LogP contribution in [0.5, 0.6) is 0 Å². The van der Waals surface area contributed by atoms with Crippen molar-refractivity contribution in [1.82, 2.24) is 10.3 Å². The molecule has 1 saturated carbocycles. The fourth-order valence-corrected chi connectivity index (χ4v) is 3.15. The molecular weight excluding hydrogens is 274 g/mol. The van der Waals surface area contributed by atoms with Crippen molar-refractivity contribution in [1.29, 1.82) is 0 Å². The maximum absolute atomic E-state index is 9.69. The van der Waals surface area contributed by atoms with Crippen LogP contribution in [0.3, 0.4) is 0 Å². The summed E-state index contributed by atoms with van der Waals surface area (Å²) >= 11 is 0. The van der Waals surface area contributed by atoms with E-state index in [9.17, 15) is 5.11 Å². The summed E-state index contributed by atoms with van der Waals surface area (Å²) in [5.41, 5.74) is 9.50. The Bertz CT molecular complexity index is 592. The third kappa shape index (κ3) is 3.71. The summed E-state index contributed by atoms with van der Waals surface area (Å²) in [4.78, 5) is 4.06. The van der Waals surface area contributed by atoms with Crippen LogP contribution >= 0.6 is 0 Å². The average molecular weight is 297 g/mol. The second-order valence-electron chi connectivity index (χ2n) is 6.14. The first kappa shape index (κ1) is 15.2. The van der Waals surface area contributed by atoms with Crippen molar-refractivity contribution in [3.8, 4) is 11.1 Å². The molecule has 1 aromatic heterocycles. The van der Waals surface area contributed by atoms with Gasteiger partial charge in [0.05, 0.1) is 6.10 Å². The summed E-state index contributed by atoms with van der Waals surface area (Å²) in [6, 6.07) is 12.5. The van der Waals surface area contributed by atoms with Gasteiger partial charge in [-0.05, 0) is 60.2 Å². The summed E-state index contributed by atoms with van der Waals surface area (Å²) in [5, 5.41) is 13.2. The molecule has 1 fully saturated rings. The van der Waals surface area contributed by atoms with Crippen LogP contribution in [0.15, 0.2) is 48.8 Å². The Morgan fingerprint density at radius 2 is 1.95 bits per heavy atom. The van der Waals surface area contributed by atoms with Crippen molar-refractivity contribution in [2.45, 2.75) is 31.5 Å². The molecule has 0 amide bonds. The highest BCUT2D eigenvalue weighted by molar-refractivity contribution is 5.63. The van der Waals surface area contributed by atoms with Crippen LogP contribution < -0.4 is 11.1 Å². The molecule has 1 heterocycles. The lowest BCUT2D eigenvalue weighted by Crippen LogP contribution is -2.28. The largest absolute Gasteiger partial charge is 0.392 e. The van der Waals surface area contributed by atoms with Gasteiger partial charge in [-0.3, -0.25) is 4.98 Å². The van der Waals surface area contributed by atoms with Gasteiger partial charge in [0.25, 0.3) is 0 Å². The molecule has 3 atom stereocenters. The smallest absolute Gasteiger partial charge is 0.0694 e. The zero-order valence-corrected chi connectivity index (χ0v) is 12.7. The maximum atomic E-state index is 9.69. The SMILES string of the molecule is N[C@@H]1C[C@H](CNCc2cccc(-c3ccncc3)c2)C[C@H]1O. The molecule has 1 aliphatic carbocycles. The van der Waals surface area contributed by atoms with Crippen LogP contribution in [0, 0.1) is 5.92 Å². The fourth-order valence-electron chi connectivity index (χ4n) is 3.15. The van der Waals surface area contributed by atoms with Crippen molar-refractivity contribution < 1.29 is 5.11 Å². The molecule has 116 valence electrons. The van der Waals surface area contributed by atoms with Gasteiger partial charge in [0.1, 0.15) is 0 Å². The lowest BCUT2D eigenvalue weighted by Gasteiger charge is -2.11. The minimum atomic E-state index is -0.332. The predicted octanol–water partition coefficient (Wildman–Crippen LogP) is 1.94. The van der Waals surface area contributed by atoms with Gasteiger partial charge in [-0.15, -0.1) is 0 Å². The van der Waals surface area contributed by atoms with Crippen LogP contribution in [0.25, 0.3) is 11.1 Å². The summed E-state index contributed by atoms with van der Waals surface area (Å²) in [6.45, 7) is 1.74. The Balaban J connectivity index is 1.55. The number of benzene rings is 1. The van der Waals surface area contributed by atoms with Gasteiger partial charge in [0.2, 0.25) is 0 Å². The maximum Gasteiger partial charge on any atom is 0.0694 e. The Morgan fingerprint density at radius 3 is 2.68 bits per heavy atom. The number of aromatic nitrogens is 1. The van der Waals surface area contributed by atoms with E-state index in [1.54, 1.807) is 0 Å². The normalized spacial score (nSPS) is 24.5. The topological polar surface area (TPSA) is 71.2 Å². The average Bonchev–Trinajstić information content (AvgIpc) is 2.87. The first-order valence-electron chi connectivity index (χ1n) is 7.86. The monoisotopic (exact) mass is 297 g/mol. The summed E-state index contributed by atoms with van der Waals surface area (Å²) < 4.78 is 0. The number of nitrogens with two attached hydrogens (primary N) is 1. The lowest BCUT2D eigenvalue weighted by atomic mass is 10.0. The summed E-state index contributed by atoms with van der Waals surface area (Å²) in [7, 11) is 0. The highest BCUT2D eigenvalue weighted by Gasteiger charge is 2.29. The zero-order valence-electron chi connectivity index (χ0n) is 12.7. The van der Waals surface area contributed by atoms with E-state index in [2.05, 4.69) is 34.6 Å². The van der Waals surface area contributed by atoms with E-state index in [0.29, 0.717) is 5.92 Å². The molecule has 0 radical (unpaired) electrons. The van der Waals surface area contributed by atoms with E-state index >= 15 is 0 Å². The lowest BCUT2D eigenvalue weighted by molar-refractivity contribution is 0.161. The molecule has 4 nitrogen and oxygen atoms in total. The second kappa shape index (κ2) is 7.01. The highest BCUT2D eigenvalue weighted by Crippen LogP contribution is 2.24. The molecule has 3 rings (SSSR count). The van der Waals surface area contributed by atoms with Gasteiger partial charge in [0, 0.05) is 25.0 Å². The highest BCUT2D eigenvalue weighted by atomic mass is 16.3. The minimum absolute atomic E-state index is 0.0539. The molecule has 4 heteroatoms. The molecule has 22 heavy (non-hydrogen) atoms. The first-order valence-corrected chi connectivity index (χ1v) is 7.86. The molecule has 1 aliphatic rings. The van der Waals surface area contributed by atoms with Gasteiger partial charge in [-0.25, -0.2) is 0 Å². The van der Waals surface area contributed by atoms with Crippen LogP contribution in [-0.2, 0) is 6.54 Å². The second-order valence-corrected chi connectivity index (χ2v) is 6.14. The van der Waals surface area contributed by atoms with Gasteiger partial charge in [0.15, 0.2) is 0 Å². The van der Waals surface area contributed by atoms with Crippen molar-refractivity contribution in [2.24, 2.45) is 11.7 Å². The van der Waals surface area contributed by atoms with Crippen LogP contribution in [0.2, 0.25) is 0 Å². The van der Waals surface area contributed by atoms with Crippen molar-refractivity contribution >= 4 is 0 Å². The zero-order chi connectivity index (χ0) is 15.4. The van der Waals surface area contributed by atoms with E-state index in [1.165, 1.54) is 16.7 Å². The number of hydrogen-bond donors (Lipinski definition) is 3. The Kier molecular flexibility index (Phi) is 4.83. The Labute approximate surface area is 131 Å². The number of aliphatic hydroxyl groups excluding tert-OH is 1. The third-order valence-corrected chi connectivity index (χ3v) is 4.38. The van der Waals surface area contributed by atoms with E-state index in [1.807, 2.05) is 24.5 Å². The number of aliphatic hydroxyl groups is 1. The van der Waals surface area contributed by atoms with Crippen LogP contribution in [0.1, 0.15) is 18.4 Å². The van der Waals surface area contributed by atoms with Gasteiger partial charge in [-0.2, -0.15) is 0 Å². The molecule has 1 aromatic carbocycles. The van der Waals surface area contributed by atoms with Crippen molar-refractivity contribution in [3.63, 3.8) is 0 Å². The van der Waals surface area contributed by atoms with Gasteiger partial charge in [-0.1, -0.05) is 18.2 Å². The van der Waals surface area contributed by atoms with Crippen molar-refractivity contribution in [3.05, 3.63) is 54.4 Å². The Hall–Kier alpha value is -1.75. The molecule has 0 bridgehead atoms. The van der Waals surface area contributed by atoms with E-state index in [0.717, 1.165) is 25.9 Å². The molecule has 0 aliphatic heterocycles. The number of nitrogens with zero attached hydrogens (tertiary/aromatic N) is 1. The van der Waals surface area contributed by atoms with Gasteiger partial charge >= 0.3 is 0 Å². The van der Waals surface area contributed by atoms with Crippen molar-refractivity contribution in [2.75, 3.05) is 6.54 Å². The predicted molar refractivity (Wildman–Crippen MR) is 88.1 cm³/mol. The van der Waals surface area contributed by atoms with E-state index in [-0.39, 0.29) is 12.1 Å². The summed E-state index contributed by atoms with van der Waals surface area (Å²) in [5.74, 6) is 0.480. The standard InChI is InChI=1S/C18H23N3O/c19-17-9-14(10-18(17)22)12-21-11-13-2-1-3-16(8-13)15-4-6-20-7-5-15/h1-8,14,17-18,21-22H,9-12,19H2/t14-,17+,18+/m0/s1. The third-order valence-electron chi connectivity index (χ3n) is 4.38. The number of hydrogen-bond acceptors (Lipinski definition) is 4. The number of nitrogens with one attached hydrogen (secondary N) is 1. The minimum Gasteiger partial charge on any atom is -0.392 e. The molecule has 0 saturated heterocycles. The van der Waals surface area contributed by atoms with Crippen LogP contribution in [0.4, 0.5) is 0 Å². The van der Waals surface area contributed by atoms with E-state index < -0.39 is 0 Å². The molecular formula is C18H23N3O. The molecule has 0 spiro atoms. The first-order chi connectivity index (χ1) is 10.7. The fraction of sp³-hybridized carbons (Fsp3) is 0.389. The Morgan fingerprint density at radius 1 is 1.14 bits per heavy atom. The van der Waals surface area contributed by atoms with Crippen LogP contribution in [-0.4, -0.2) is 28.8 Å². The van der Waals surface area contributed by atoms with E-state index in [4.69, 9.17) is 5.73 Å². The summed E-state index contributed by atoms with van der Waals surface area (Å²) in [6.07, 6.45) is 5.02.